The first kappa shape index (κ1) is 10.0. The monoisotopic (exact) mass is 180 g/mol. The molecule has 0 unspecified atom stereocenters. The third-order valence-corrected chi connectivity index (χ3v) is 1.64. The summed E-state index contributed by atoms with van der Waals surface area (Å²) in [6, 6.07) is 7.72. The number of benzene rings is 1. The highest BCUT2D eigenvalue weighted by Crippen LogP contribution is 2.10. The van der Waals surface area contributed by atoms with Crippen molar-refractivity contribution in [3.63, 3.8) is 0 Å². The molecule has 1 aromatic rings. The second kappa shape index (κ2) is 5.56. The van der Waals surface area contributed by atoms with E-state index >= 15 is 0 Å². The summed E-state index contributed by atoms with van der Waals surface area (Å²) in [6.45, 7) is 3.09. The summed E-state index contributed by atoms with van der Waals surface area (Å²) in [5.41, 5.74) is 6.53. The number of nitrogens with two attached hydrogens (primary N) is 1. The minimum Gasteiger partial charge on any atom is -0.497 e. The van der Waals surface area contributed by atoms with E-state index in [9.17, 15) is 0 Å². The predicted octanol–water partition coefficient (Wildman–Crippen LogP) is 0.743. The van der Waals surface area contributed by atoms with E-state index in [1.54, 1.807) is 7.11 Å². The quantitative estimate of drug-likeness (QED) is 0.660. The van der Waals surface area contributed by atoms with Crippen LogP contribution in [-0.4, -0.2) is 20.2 Å². The van der Waals surface area contributed by atoms with Crippen molar-refractivity contribution >= 4 is 0 Å². The van der Waals surface area contributed by atoms with Crippen LogP contribution in [0.25, 0.3) is 0 Å². The van der Waals surface area contributed by atoms with E-state index in [0.717, 1.165) is 11.3 Å². The zero-order chi connectivity index (χ0) is 9.52. The second-order valence-corrected chi connectivity index (χ2v) is 2.80. The topological polar surface area (TPSA) is 57.2 Å². The molecule has 1 heterocycles. The Labute approximate surface area is 78.9 Å². The second-order valence-electron chi connectivity index (χ2n) is 2.80. The highest BCUT2D eigenvalue weighted by atomic mass is 16.5. The molecule has 0 amide bonds. The summed E-state index contributed by atoms with van der Waals surface area (Å²) in [6.07, 6.45) is 0. The van der Waals surface area contributed by atoms with E-state index in [1.807, 2.05) is 24.3 Å². The smallest absolute Gasteiger partial charge is 0.118 e. The fraction of sp³-hybridized carbons (Fsp3) is 0.400. The van der Waals surface area contributed by atoms with Gasteiger partial charge in [-0.3, -0.25) is 0 Å². The van der Waals surface area contributed by atoms with E-state index in [0.29, 0.717) is 6.54 Å². The van der Waals surface area contributed by atoms with Gasteiger partial charge in [-0.1, -0.05) is 12.1 Å². The molecular formula is C10H16N2O. The molecule has 1 aliphatic heterocycles. The van der Waals surface area contributed by atoms with Crippen molar-refractivity contribution in [1.82, 2.24) is 5.32 Å². The lowest BCUT2D eigenvalue weighted by atomic mass is 10.2. The highest BCUT2D eigenvalue weighted by molar-refractivity contribution is 5.26. The molecule has 3 N–H and O–H groups in total. The Balaban J connectivity index is 0.000000236. The van der Waals surface area contributed by atoms with Crippen molar-refractivity contribution in [1.29, 1.82) is 0 Å². The van der Waals surface area contributed by atoms with Gasteiger partial charge in [-0.2, -0.15) is 0 Å². The van der Waals surface area contributed by atoms with Crippen LogP contribution in [0.1, 0.15) is 5.56 Å². The molecule has 0 radical (unpaired) electrons. The first-order valence-corrected chi connectivity index (χ1v) is 4.40. The maximum atomic E-state index is 5.40. The Kier molecular flexibility index (Phi) is 4.29. The lowest BCUT2D eigenvalue weighted by Crippen LogP contribution is -1.95. The standard InChI is InChI=1S/C8H11NO.C2H5N/c1-10-8-4-2-7(6-9)3-5-8;1-2-3-1/h2-5H,6,9H2,1H3;3H,1-2H2. The molecular weight excluding hydrogens is 164 g/mol. The van der Waals surface area contributed by atoms with Crippen LogP contribution < -0.4 is 15.8 Å². The van der Waals surface area contributed by atoms with Crippen LogP contribution in [0.2, 0.25) is 0 Å². The first-order chi connectivity index (χ1) is 6.36. The number of methoxy groups -OCH3 is 1. The molecule has 3 nitrogen and oxygen atoms in total. The van der Waals surface area contributed by atoms with E-state index in [4.69, 9.17) is 10.5 Å². The van der Waals surface area contributed by atoms with Crippen LogP contribution in [0, 0.1) is 0 Å². The number of hydrogen-bond acceptors (Lipinski definition) is 3. The summed E-state index contributed by atoms with van der Waals surface area (Å²) >= 11 is 0. The SMILES string of the molecule is C1CN1.COc1ccc(CN)cc1. The van der Waals surface area contributed by atoms with Crippen LogP contribution in [0.15, 0.2) is 24.3 Å². The molecule has 0 saturated carbocycles. The Bertz CT molecular complexity index is 205. The Morgan fingerprint density at radius 1 is 1.31 bits per heavy atom. The molecule has 13 heavy (non-hydrogen) atoms. The Morgan fingerprint density at radius 3 is 2.15 bits per heavy atom. The van der Waals surface area contributed by atoms with Gasteiger partial charge in [0.05, 0.1) is 7.11 Å². The minimum atomic E-state index is 0.587. The van der Waals surface area contributed by atoms with Crippen molar-refractivity contribution in [3.8, 4) is 5.75 Å². The molecule has 2 rings (SSSR count). The van der Waals surface area contributed by atoms with Crippen molar-refractivity contribution in [3.05, 3.63) is 29.8 Å². The molecule has 0 spiro atoms. The molecule has 1 aromatic carbocycles. The van der Waals surface area contributed by atoms with Gasteiger partial charge in [-0.25, -0.2) is 0 Å². The number of nitrogens with one attached hydrogen (secondary N) is 1. The Morgan fingerprint density at radius 2 is 1.85 bits per heavy atom. The molecule has 1 aliphatic rings. The lowest BCUT2D eigenvalue weighted by Gasteiger charge is -1.99. The molecule has 72 valence electrons. The highest BCUT2D eigenvalue weighted by Gasteiger charge is 1.91. The maximum absolute atomic E-state index is 5.40. The van der Waals surface area contributed by atoms with Gasteiger partial charge in [0.25, 0.3) is 0 Å². The fourth-order valence-electron chi connectivity index (χ4n) is 0.762. The van der Waals surface area contributed by atoms with Gasteiger partial charge in [0.15, 0.2) is 0 Å². The van der Waals surface area contributed by atoms with E-state index < -0.39 is 0 Å². The average molecular weight is 180 g/mol. The van der Waals surface area contributed by atoms with Crippen molar-refractivity contribution < 1.29 is 4.74 Å². The van der Waals surface area contributed by atoms with Crippen LogP contribution in [0.5, 0.6) is 5.75 Å². The number of ether oxygens (including phenoxy) is 1. The molecule has 0 bridgehead atoms. The zero-order valence-electron chi connectivity index (χ0n) is 7.92. The molecule has 3 heteroatoms. The van der Waals surface area contributed by atoms with Crippen molar-refractivity contribution in [2.45, 2.75) is 6.54 Å². The van der Waals surface area contributed by atoms with E-state index in [1.165, 1.54) is 13.1 Å². The van der Waals surface area contributed by atoms with Gasteiger partial charge in [0, 0.05) is 19.6 Å². The van der Waals surface area contributed by atoms with Gasteiger partial charge in [-0.05, 0) is 17.7 Å². The summed E-state index contributed by atoms with van der Waals surface area (Å²) in [7, 11) is 1.65. The summed E-state index contributed by atoms with van der Waals surface area (Å²) in [5, 5.41) is 3.00. The van der Waals surface area contributed by atoms with Crippen LogP contribution in [-0.2, 0) is 6.54 Å². The van der Waals surface area contributed by atoms with E-state index in [-0.39, 0.29) is 0 Å². The summed E-state index contributed by atoms with van der Waals surface area (Å²) in [4.78, 5) is 0. The number of hydrogen-bond donors (Lipinski definition) is 2. The van der Waals surface area contributed by atoms with Crippen molar-refractivity contribution in [2.24, 2.45) is 5.73 Å². The molecule has 0 aliphatic carbocycles. The minimum absolute atomic E-state index is 0.587. The van der Waals surface area contributed by atoms with Gasteiger partial charge in [0.1, 0.15) is 5.75 Å². The maximum Gasteiger partial charge on any atom is 0.118 e. The third kappa shape index (κ3) is 4.50. The molecule has 0 aromatic heterocycles. The van der Waals surface area contributed by atoms with Crippen molar-refractivity contribution in [2.75, 3.05) is 20.2 Å². The first-order valence-electron chi connectivity index (χ1n) is 4.40. The largest absolute Gasteiger partial charge is 0.497 e. The molecule has 0 atom stereocenters. The molecule has 1 fully saturated rings. The number of rotatable bonds is 2. The Hall–Kier alpha value is -1.06. The van der Waals surface area contributed by atoms with Crippen LogP contribution in [0.3, 0.4) is 0 Å². The summed E-state index contributed by atoms with van der Waals surface area (Å²) in [5.74, 6) is 0.872. The van der Waals surface area contributed by atoms with Gasteiger partial charge in [-0.15, -0.1) is 0 Å². The van der Waals surface area contributed by atoms with Crippen LogP contribution >= 0.6 is 0 Å². The van der Waals surface area contributed by atoms with E-state index in [2.05, 4.69) is 5.32 Å². The van der Waals surface area contributed by atoms with Gasteiger partial charge >= 0.3 is 0 Å². The zero-order valence-corrected chi connectivity index (χ0v) is 7.92. The average Bonchev–Trinajstić information content (AvgIpc) is 3.05. The fourth-order valence-corrected chi connectivity index (χ4v) is 0.762. The normalized spacial score (nSPS) is 12.8. The van der Waals surface area contributed by atoms with Gasteiger partial charge in [0.2, 0.25) is 0 Å². The molecule has 1 saturated heterocycles. The lowest BCUT2D eigenvalue weighted by molar-refractivity contribution is 0.414. The van der Waals surface area contributed by atoms with Crippen LogP contribution in [0.4, 0.5) is 0 Å². The third-order valence-electron chi connectivity index (χ3n) is 1.64. The predicted molar refractivity (Wildman–Crippen MR) is 53.8 cm³/mol. The van der Waals surface area contributed by atoms with Gasteiger partial charge < -0.3 is 15.8 Å². The summed E-state index contributed by atoms with van der Waals surface area (Å²) < 4.78 is 4.97.